The van der Waals surface area contributed by atoms with Gasteiger partial charge in [0.05, 0.1) is 49.8 Å². The van der Waals surface area contributed by atoms with Crippen LogP contribution in [0.15, 0.2) is 218 Å². The van der Waals surface area contributed by atoms with Gasteiger partial charge in [0.25, 0.3) is 0 Å². The molecule has 0 bridgehead atoms. The summed E-state index contributed by atoms with van der Waals surface area (Å²) in [6, 6.07) is 80.2. The normalized spacial score (nSPS) is 12.2. The van der Waals surface area contributed by atoms with Crippen molar-refractivity contribution in [1.29, 1.82) is 0 Å². The molecule has 0 radical (unpaired) electrons. The second-order valence-corrected chi connectivity index (χ2v) is 16.5. The molecular weight excluding hydrogens is 753 g/mol. The summed E-state index contributed by atoms with van der Waals surface area (Å²) in [7, 11) is 0. The molecule has 4 heteroatoms. The van der Waals surface area contributed by atoms with Crippen LogP contribution < -0.4 is 0 Å². The summed E-state index contributed by atoms with van der Waals surface area (Å²) in [5.41, 5.74) is 14.2. The summed E-state index contributed by atoms with van der Waals surface area (Å²) in [4.78, 5) is 0. The second kappa shape index (κ2) is 12.6. The van der Waals surface area contributed by atoms with Crippen LogP contribution in [0, 0.1) is 0 Å². The Kier molecular flexibility index (Phi) is 6.80. The molecule has 0 saturated carbocycles. The molecule has 0 aliphatic rings. The van der Waals surface area contributed by atoms with Gasteiger partial charge in [0.2, 0.25) is 0 Å². The predicted molar refractivity (Wildman–Crippen MR) is 261 cm³/mol. The zero-order valence-corrected chi connectivity index (χ0v) is 33.6. The van der Waals surface area contributed by atoms with E-state index in [-0.39, 0.29) is 0 Å². The Labute approximate surface area is 355 Å². The van der Waals surface area contributed by atoms with E-state index in [4.69, 9.17) is 0 Å². The maximum absolute atomic E-state index is 2.51. The van der Waals surface area contributed by atoms with Gasteiger partial charge in [-0.3, -0.25) is 0 Å². The van der Waals surface area contributed by atoms with Crippen molar-refractivity contribution in [1.82, 2.24) is 18.3 Å². The molecule has 0 saturated heterocycles. The zero-order chi connectivity index (χ0) is 40.5. The van der Waals surface area contributed by atoms with E-state index in [1.54, 1.807) is 0 Å². The molecule has 14 rings (SSSR count). The molecule has 0 aliphatic carbocycles. The summed E-state index contributed by atoms with van der Waals surface area (Å²) in [5.74, 6) is 0. The lowest BCUT2D eigenvalue weighted by Gasteiger charge is -2.14. The van der Waals surface area contributed by atoms with Crippen LogP contribution in [0.3, 0.4) is 0 Å². The number of aromatic nitrogens is 4. The van der Waals surface area contributed by atoms with Crippen molar-refractivity contribution in [2.45, 2.75) is 0 Å². The lowest BCUT2D eigenvalue weighted by Crippen LogP contribution is -1.99. The number of nitrogens with zero attached hydrogens (tertiary/aromatic N) is 4. The van der Waals surface area contributed by atoms with Crippen LogP contribution in [0.25, 0.3) is 121 Å². The lowest BCUT2D eigenvalue weighted by molar-refractivity contribution is 1.14. The van der Waals surface area contributed by atoms with E-state index in [1.807, 2.05) is 0 Å². The molecule has 0 amide bonds. The SMILES string of the molecule is c1ccc(-n2c3ccccc3c3c2ccc2c4ccccc4n(-c4cccc(-n5c6ccccc6c6c5ccc5c7ccccc7n(-c7cccc8ccccc78)c56)c4)c23)cc1. The van der Waals surface area contributed by atoms with Gasteiger partial charge < -0.3 is 18.3 Å². The molecular formula is C58H36N4. The third kappa shape index (κ3) is 4.45. The van der Waals surface area contributed by atoms with Gasteiger partial charge in [-0.05, 0) is 78.2 Å². The largest absolute Gasteiger partial charge is 0.309 e. The molecule has 0 atom stereocenters. The Morgan fingerprint density at radius 3 is 1.27 bits per heavy atom. The Morgan fingerprint density at radius 1 is 0.226 bits per heavy atom. The van der Waals surface area contributed by atoms with E-state index in [0.29, 0.717) is 0 Å². The quantitative estimate of drug-likeness (QED) is 0.169. The third-order valence-electron chi connectivity index (χ3n) is 13.3. The molecule has 14 aromatic rings. The van der Waals surface area contributed by atoms with E-state index in [1.165, 1.54) is 104 Å². The fraction of sp³-hybridized carbons (Fsp3) is 0. The summed E-state index contributed by atoms with van der Waals surface area (Å²) in [6.45, 7) is 0. The Bertz CT molecular complexity index is 4150. The lowest BCUT2D eigenvalue weighted by atomic mass is 10.1. The number of hydrogen-bond donors (Lipinski definition) is 0. The van der Waals surface area contributed by atoms with Crippen molar-refractivity contribution in [3.05, 3.63) is 218 Å². The van der Waals surface area contributed by atoms with Crippen molar-refractivity contribution >= 4 is 98.0 Å². The van der Waals surface area contributed by atoms with Gasteiger partial charge in [-0.25, -0.2) is 0 Å². The van der Waals surface area contributed by atoms with Crippen LogP contribution in [0.4, 0.5) is 0 Å². The van der Waals surface area contributed by atoms with E-state index in [2.05, 4.69) is 237 Å². The first-order chi connectivity index (χ1) is 30.8. The first kappa shape index (κ1) is 33.5. The smallest absolute Gasteiger partial charge is 0.0641 e. The summed E-state index contributed by atoms with van der Waals surface area (Å²) >= 11 is 0. The average molecular weight is 789 g/mol. The fourth-order valence-electron chi connectivity index (χ4n) is 10.8. The Hall–Kier alpha value is -8.34. The van der Waals surface area contributed by atoms with Crippen molar-refractivity contribution < 1.29 is 0 Å². The molecule has 288 valence electrons. The van der Waals surface area contributed by atoms with Gasteiger partial charge in [0.15, 0.2) is 0 Å². The molecule has 62 heavy (non-hydrogen) atoms. The van der Waals surface area contributed by atoms with Crippen molar-refractivity contribution in [3.63, 3.8) is 0 Å². The van der Waals surface area contributed by atoms with Gasteiger partial charge in [-0.2, -0.15) is 0 Å². The predicted octanol–water partition coefficient (Wildman–Crippen LogP) is 15.2. The molecule has 10 aromatic carbocycles. The van der Waals surface area contributed by atoms with E-state index in [0.717, 1.165) is 17.1 Å². The Balaban J connectivity index is 1.08. The van der Waals surface area contributed by atoms with Crippen LogP contribution in [0.1, 0.15) is 0 Å². The van der Waals surface area contributed by atoms with Gasteiger partial charge in [0, 0.05) is 65.5 Å². The number of benzene rings is 10. The van der Waals surface area contributed by atoms with Gasteiger partial charge in [-0.1, -0.05) is 146 Å². The monoisotopic (exact) mass is 788 g/mol. The average Bonchev–Trinajstić information content (AvgIpc) is 4.06. The fourth-order valence-corrected chi connectivity index (χ4v) is 10.8. The number of para-hydroxylation sites is 5. The first-order valence-electron chi connectivity index (χ1n) is 21.4. The minimum atomic E-state index is 1.12. The molecule has 4 heterocycles. The van der Waals surface area contributed by atoms with Crippen molar-refractivity contribution in [2.75, 3.05) is 0 Å². The van der Waals surface area contributed by atoms with Crippen LogP contribution in [-0.4, -0.2) is 18.3 Å². The van der Waals surface area contributed by atoms with Gasteiger partial charge >= 0.3 is 0 Å². The third-order valence-corrected chi connectivity index (χ3v) is 13.3. The molecule has 0 N–H and O–H groups in total. The van der Waals surface area contributed by atoms with Crippen molar-refractivity contribution in [2.24, 2.45) is 0 Å². The van der Waals surface area contributed by atoms with Crippen LogP contribution >= 0.6 is 0 Å². The van der Waals surface area contributed by atoms with Crippen LogP contribution in [0.5, 0.6) is 0 Å². The molecule has 0 spiro atoms. The summed E-state index contributed by atoms with van der Waals surface area (Å²) < 4.78 is 9.91. The highest BCUT2D eigenvalue weighted by Gasteiger charge is 2.24. The number of hydrogen-bond acceptors (Lipinski definition) is 0. The summed E-state index contributed by atoms with van der Waals surface area (Å²) in [5, 5.41) is 12.4. The molecule has 0 aliphatic heterocycles. The zero-order valence-electron chi connectivity index (χ0n) is 33.6. The highest BCUT2D eigenvalue weighted by Crippen LogP contribution is 2.45. The molecule has 0 unspecified atom stereocenters. The molecule has 4 nitrogen and oxygen atoms in total. The van der Waals surface area contributed by atoms with Crippen molar-refractivity contribution in [3.8, 4) is 22.7 Å². The topological polar surface area (TPSA) is 19.7 Å². The minimum Gasteiger partial charge on any atom is -0.309 e. The maximum Gasteiger partial charge on any atom is 0.0641 e. The summed E-state index contributed by atoms with van der Waals surface area (Å²) in [6.07, 6.45) is 0. The van der Waals surface area contributed by atoms with Crippen LogP contribution in [0.2, 0.25) is 0 Å². The second-order valence-electron chi connectivity index (χ2n) is 16.5. The molecule has 0 fully saturated rings. The standard InChI is InChI=1S/C58H36N4/c1-2-18-38(19-3-1)59-51-29-12-8-25-46(51)55-53(59)34-32-44-42-23-6-10-27-49(42)61(57(44)55)40-21-15-20-39(36-40)60-52-30-13-9-26-47(52)56-54(60)35-33-45-43-24-7-11-28-50(43)62(58(45)56)48-31-14-17-37-16-4-5-22-41(37)48/h1-36H. The maximum atomic E-state index is 2.51. The van der Waals surface area contributed by atoms with Crippen LogP contribution in [-0.2, 0) is 0 Å². The Morgan fingerprint density at radius 2 is 0.645 bits per heavy atom. The van der Waals surface area contributed by atoms with E-state index < -0.39 is 0 Å². The highest BCUT2D eigenvalue weighted by molar-refractivity contribution is 6.28. The molecule has 4 aromatic heterocycles. The minimum absolute atomic E-state index is 1.12. The van der Waals surface area contributed by atoms with E-state index >= 15 is 0 Å². The first-order valence-corrected chi connectivity index (χ1v) is 21.4. The number of rotatable bonds is 4. The van der Waals surface area contributed by atoms with E-state index in [9.17, 15) is 0 Å². The highest BCUT2D eigenvalue weighted by atomic mass is 15.0. The number of fused-ring (bicyclic) bond motifs is 15. The van der Waals surface area contributed by atoms with Gasteiger partial charge in [-0.15, -0.1) is 0 Å². The van der Waals surface area contributed by atoms with Gasteiger partial charge in [0.1, 0.15) is 0 Å².